The summed E-state index contributed by atoms with van der Waals surface area (Å²) in [6, 6.07) is 3.83. The molecule has 1 aromatic heterocycles. The molecule has 0 N–H and O–H groups in total. The van der Waals surface area contributed by atoms with Crippen molar-refractivity contribution in [2.45, 2.75) is 44.1 Å². The smallest absolute Gasteiger partial charge is 0.230 e. The van der Waals surface area contributed by atoms with Crippen LogP contribution in [0, 0.1) is 5.92 Å². The number of aromatic nitrogens is 1. The van der Waals surface area contributed by atoms with E-state index in [1.165, 1.54) is 0 Å². The first-order valence-corrected chi connectivity index (χ1v) is 8.77. The molecule has 2 rings (SSSR count). The summed E-state index contributed by atoms with van der Waals surface area (Å²) in [5, 5.41) is 0.0822. The molecule has 3 atom stereocenters. The van der Waals surface area contributed by atoms with Crippen LogP contribution in [-0.4, -0.2) is 43.6 Å². The van der Waals surface area contributed by atoms with Crippen molar-refractivity contribution in [1.82, 2.24) is 9.88 Å². The number of amides is 1. The lowest BCUT2D eigenvalue weighted by Gasteiger charge is -2.37. The Hall–Kier alpha value is -1.23. The van der Waals surface area contributed by atoms with Gasteiger partial charge in [-0.1, -0.05) is 19.9 Å². The van der Waals surface area contributed by atoms with Gasteiger partial charge in [-0.2, -0.15) is 0 Å². The van der Waals surface area contributed by atoms with Crippen molar-refractivity contribution >= 4 is 16.7 Å². The number of nitrogens with zero attached hydrogens (tertiary/aromatic N) is 2. The molecule has 0 aromatic carbocycles. The fourth-order valence-electron chi connectivity index (χ4n) is 2.99. The Labute approximate surface area is 129 Å². The maximum atomic E-state index is 12.9. The molecule has 116 valence electrons. The third-order valence-corrected chi connectivity index (χ3v) is 5.92. The number of hydrogen-bond acceptors (Lipinski definition) is 3. The lowest BCUT2D eigenvalue weighted by Crippen LogP contribution is -2.51. The summed E-state index contributed by atoms with van der Waals surface area (Å²) in [7, 11) is -0.842. The number of carbonyl (C=O) groups is 1. The summed E-state index contributed by atoms with van der Waals surface area (Å²) in [4.78, 5) is 19.0. The van der Waals surface area contributed by atoms with E-state index in [1.54, 1.807) is 12.4 Å². The molecule has 1 amide bonds. The zero-order valence-electron chi connectivity index (χ0n) is 13.2. The van der Waals surface area contributed by atoms with Crippen LogP contribution in [0.1, 0.15) is 39.2 Å². The molecule has 1 aliphatic rings. The first-order chi connectivity index (χ1) is 9.91. The molecule has 1 saturated heterocycles. The minimum absolute atomic E-state index is 0.0411. The zero-order valence-corrected chi connectivity index (χ0v) is 14.0. The quantitative estimate of drug-likeness (QED) is 0.860. The van der Waals surface area contributed by atoms with Gasteiger partial charge in [0.05, 0.1) is 5.92 Å². The van der Waals surface area contributed by atoms with Crippen molar-refractivity contribution in [2.75, 3.05) is 13.1 Å². The Morgan fingerprint density at radius 2 is 1.95 bits per heavy atom. The first kappa shape index (κ1) is 16.1. The number of pyridine rings is 1. The Bertz CT molecular complexity index is 504. The van der Waals surface area contributed by atoms with E-state index in [1.807, 2.05) is 30.9 Å². The third-order valence-electron chi connectivity index (χ3n) is 4.04. The van der Waals surface area contributed by atoms with Gasteiger partial charge in [-0.15, -0.1) is 0 Å². The molecular weight excluding hydrogens is 284 g/mol. The molecule has 0 radical (unpaired) electrons. The van der Waals surface area contributed by atoms with Crippen LogP contribution in [0.2, 0.25) is 0 Å². The maximum absolute atomic E-state index is 12.9. The van der Waals surface area contributed by atoms with Gasteiger partial charge in [0.2, 0.25) is 5.91 Å². The van der Waals surface area contributed by atoms with Gasteiger partial charge in [0, 0.05) is 46.8 Å². The zero-order chi connectivity index (χ0) is 15.6. The minimum atomic E-state index is -0.842. The molecule has 3 unspecified atom stereocenters. The van der Waals surface area contributed by atoms with E-state index in [4.69, 9.17) is 0 Å². The minimum Gasteiger partial charge on any atom is -0.340 e. The highest BCUT2D eigenvalue weighted by atomic mass is 32.2. The predicted molar refractivity (Wildman–Crippen MR) is 85.5 cm³/mol. The van der Waals surface area contributed by atoms with Crippen LogP contribution in [0.15, 0.2) is 24.5 Å². The molecule has 1 aromatic rings. The molecule has 4 nitrogen and oxygen atoms in total. The van der Waals surface area contributed by atoms with Gasteiger partial charge in [0.25, 0.3) is 0 Å². The third kappa shape index (κ3) is 3.51. The second-order valence-electron chi connectivity index (χ2n) is 6.20. The summed E-state index contributed by atoms with van der Waals surface area (Å²) >= 11 is 0. The van der Waals surface area contributed by atoms with Crippen LogP contribution in [0.5, 0.6) is 0 Å². The lowest BCUT2D eigenvalue weighted by atomic mass is 9.88. The molecule has 21 heavy (non-hydrogen) atoms. The average Bonchev–Trinajstić information content (AvgIpc) is 2.45. The number of rotatable bonds is 3. The Morgan fingerprint density at radius 3 is 2.43 bits per heavy atom. The number of carbonyl (C=O) groups excluding carboxylic acids is 1. The van der Waals surface area contributed by atoms with Gasteiger partial charge < -0.3 is 4.90 Å². The summed E-state index contributed by atoms with van der Waals surface area (Å²) in [5.41, 5.74) is 0.963. The van der Waals surface area contributed by atoms with Crippen LogP contribution in [-0.2, 0) is 15.6 Å². The molecule has 0 aliphatic carbocycles. The van der Waals surface area contributed by atoms with Gasteiger partial charge >= 0.3 is 0 Å². The van der Waals surface area contributed by atoms with Crippen LogP contribution >= 0.6 is 0 Å². The van der Waals surface area contributed by atoms with Gasteiger partial charge in [-0.05, 0) is 31.4 Å². The molecule has 2 heterocycles. The van der Waals surface area contributed by atoms with Gasteiger partial charge in [-0.25, -0.2) is 0 Å². The van der Waals surface area contributed by atoms with E-state index in [-0.39, 0.29) is 28.2 Å². The van der Waals surface area contributed by atoms with E-state index >= 15 is 0 Å². The normalized spacial score (nSPS) is 27.7. The van der Waals surface area contributed by atoms with E-state index in [0.717, 1.165) is 5.56 Å². The van der Waals surface area contributed by atoms with Gasteiger partial charge in [0.15, 0.2) is 0 Å². The maximum Gasteiger partial charge on any atom is 0.230 e. The molecule has 1 fully saturated rings. The summed E-state index contributed by atoms with van der Waals surface area (Å²) in [6.07, 6.45) is 3.50. The first-order valence-electron chi connectivity index (χ1n) is 7.50. The Balaban J connectivity index is 2.22. The molecule has 0 bridgehead atoms. The van der Waals surface area contributed by atoms with E-state index in [0.29, 0.717) is 13.1 Å². The van der Waals surface area contributed by atoms with E-state index in [9.17, 15) is 9.00 Å². The van der Waals surface area contributed by atoms with Crippen molar-refractivity contribution in [3.63, 3.8) is 0 Å². The monoisotopic (exact) mass is 308 g/mol. The highest BCUT2D eigenvalue weighted by Crippen LogP contribution is 2.28. The van der Waals surface area contributed by atoms with Crippen LogP contribution < -0.4 is 0 Å². The van der Waals surface area contributed by atoms with Crippen molar-refractivity contribution < 1.29 is 9.00 Å². The highest BCUT2D eigenvalue weighted by Gasteiger charge is 2.35. The molecule has 1 aliphatic heterocycles. The van der Waals surface area contributed by atoms with Crippen molar-refractivity contribution in [2.24, 2.45) is 5.92 Å². The topological polar surface area (TPSA) is 50.3 Å². The molecular formula is C16H24N2O2S. The van der Waals surface area contributed by atoms with Crippen molar-refractivity contribution in [3.05, 3.63) is 30.1 Å². The fourth-order valence-corrected chi connectivity index (χ4v) is 4.43. The predicted octanol–water partition coefficient (Wildman–Crippen LogP) is 2.19. The lowest BCUT2D eigenvalue weighted by molar-refractivity contribution is -0.134. The average molecular weight is 308 g/mol. The fraction of sp³-hybridized carbons (Fsp3) is 0.625. The molecule has 5 heteroatoms. The summed E-state index contributed by atoms with van der Waals surface area (Å²) in [6.45, 7) is 9.20. The summed E-state index contributed by atoms with van der Waals surface area (Å²) < 4.78 is 12.0. The van der Waals surface area contributed by atoms with E-state index < -0.39 is 10.8 Å². The highest BCUT2D eigenvalue weighted by molar-refractivity contribution is 7.86. The SMILES string of the molecule is CC(C)C(C(=O)N1CC(C)S(=O)C(C)C1)c1cccnc1. The Kier molecular flexibility index (Phi) is 5.14. The second kappa shape index (κ2) is 6.69. The summed E-state index contributed by atoms with van der Waals surface area (Å²) in [5.74, 6) is 0.165. The van der Waals surface area contributed by atoms with Crippen LogP contribution in [0.3, 0.4) is 0 Å². The van der Waals surface area contributed by atoms with Crippen molar-refractivity contribution in [1.29, 1.82) is 0 Å². The molecule has 0 spiro atoms. The number of hydrogen-bond donors (Lipinski definition) is 0. The Morgan fingerprint density at radius 1 is 1.33 bits per heavy atom. The van der Waals surface area contributed by atoms with Crippen LogP contribution in [0.25, 0.3) is 0 Å². The van der Waals surface area contributed by atoms with Gasteiger partial charge in [0.1, 0.15) is 0 Å². The van der Waals surface area contributed by atoms with Crippen LogP contribution in [0.4, 0.5) is 0 Å². The largest absolute Gasteiger partial charge is 0.340 e. The van der Waals surface area contributed by atoms with E-state index in [2.05, 4.69) is 18.8 Å². The van der Waals surface area contributed by atoms with Gasteiger partial charge in [-0.3, -0.25) is 14.0 Å². The second-order valence-corrected chi connectivity index (χ2v) is 8.47. The molecule has 0 saturated carbocycles. The standard InChI is InChI=1S/C16H24N2O2S/c1-11(2)15(14-6-5-7-17-8-14)16(19)18-9-12(3)21(20)13(4)10-18/h5-8,11-13,15H,9-10H2,1-4H3. The van der Waals surface area contributed by atoms with Crippen molar-refractivity contribution in [3.8, 4) is 0 Å².